The van der Waals surface area contributed by atoms with Crippen LogP contribution in [0.4, 0.5) is 0 Å². The fourth-order valence-corrected chi connectivity index (χ4v) is 3.97. The van der Waals surface area contributed by atoms with Gasteiger partial charge < -0.3 is 19.3 Å². The molecule has 7 heteroatoms. The van der Waals surface area contributed by atoms with Crippen LogP contribution in [0.2, 0.25) is 0 Å². The average Bonchev–Trinajstić information content (AvgIpc) is 3.28. The first kappa shape index (κ1) is 19.5. The van der Waals surface area contributed by atoms with Crippen LogP contribution in [-0.4, -0.2) is 58.4 Å². The van der Waals surface area contributed by atoms with Crippen molar-refractivity contribution in [2.75, 3.05) is 26.9 Å². The van der Waals surface area contributed by atoms with Crippen LogP contribution in [-0.2, 0) is 11.3 Å². The molecule has 0 aliphatic rings. The number of benzene rings is 1. The summed E-state index contributed by atoms with van der Waals surface area (Å²) in [7, 11) is 1.69. The summed E-state index contributed by atoms with van der Waals surface area (Å²) in [6.07, 6.45) is 0. The zero-order valence-corrected chi connectivity index (χ0v) is 16.7. The van der Waals surface area contributed by atoms with E-state index in [0.29, 0.717) is 25.4 Å². The maximum absolute atomic E-state index is 12.8. The smallest absolute Gasteiger partial charge is 0.273 e. The molecule has 3 rings (SSSR count). The van der Waals surface area contributed by atoms with Gasteiger partial charge in [0, 0.05) is 42.5 Å². The molecule has 3 aromatic rings. The standard InChI is InChI=1S/C20H25N3O3S/c1-14(2)22(8-10-24)20(25)16-13-27-19(21-16)18-12-15-6-4-5-7-17(15)23(18)9-11-26-3/h4-7,12-14,24H,8-11H2,1-3H3. The molecule has 1 aromatic carbocycles. The predicted octanol–water partition coefficient (Wildman–Crippen LogP) is 3.25. The second-order valence-corrected chi connectivity index (χ2v) is 7.44. The Labute approximate surface area is 163 Å². The zero-order chi connectivity index (χ0) is 19.4. The van der Waals surface area contributed by atoms with Gasteiger partial charge in [-0.25, -0.2) is 4.98 Å². The van der Waals surface area contributed by atoms with Crippen LogP contribution in [0.1, 0.15) is 24.3 Å². The molecule has 2 aromatic heterocycles. The van der Waals surface area contributed by atoms with Crippen molar-refractivity contribution in [2.24, 2.45) is 0 Å². The minimum absolute atomic E-state index is 0.00273. The lowest BCUT2D eigenvalue weighted by atomic mass is 10.2. The topological polar surface area (TPSA) is 67.6 Å². The van der Waals surface area contributed by atoms with Gasteiger partial charge in [-0.15, -0.1) is 11.3 Å². The van der Waals surface area contributed by atoms with E-state index in [2.05, 4.69) is 27.8 Å². The van der Waals surface area contributed by atoms with E-state index in [-0.39, 0.29) is 18.6 Å². The molecule has 0 radical (unpaired) electrons. The van der Waals surface area contributed by atoms with Gasteiger partial charge in [-0.1, -0.05) is 18.2 Å². The molecule has 0 saturated carbocycles. The fourth-order valence-electron chi connectivity index (χ4n) is 3.15. The average molecular weight is 388 g/mol. The molecule has 27 heavy (non-hydrogen) atoms. The van der Waals surface area contributed by atoms with Crippen LogP contribution < -0.4 is 0 Å². The number of hydrogen-bond acceptors (Lipinski definition) is 5. The molecule has 6 nitrogen and oxygen atoms in total. The molecule has 0 atom stereocenters. The van der Waals surface area contributed by atoms with Gasteiger partial charge in [0.2, 0.25) is 0 Å². The molecule has 0 bridgehead atoms. The van der Waals surface area contributed by atoms with Gasteiger partial charge >= 0.3 is 0 Å². The number of fused-ring (bicyclic) bond motifs is 1. The Hall–Kier alpha value is -2.22. The molecule has 0 spiro atoms. The molecule has 1 N–H and O–H groups in total. The first-order valence-corrected chi connectivity index (χ1v) is 9.89. The first-order valence-electron chi connectivity index (χ1n) is 9.01. The van der Waals surface area contributed by atoms with Crippen LogP contribution >= 0.6 is 11.3 Å². The van der Waals surface area contributed by atoms with E-state index < -0.39 is 0 Å². The highest BCUT2D eigenvalue weighted by Crippen LogP contribution is 2.31. The largest absolute Gasteiger partial charge is 0.395 e. The number of aliphatic hydroxyl groups is 1. The number of aromatic nitrogens is 2. The first-order chi connectivity index (χ1) is 13.1. The molecule has 2 heterocycles. The highest BCUT2D eigenvalue weighted by Gasteiger charge is 2.22. The summed E-state index contributed by atoms with van der Waals surface area (Å²) in [5, 5.41) is 13.0. The molecule has 0 aliphatic carbocycles. The molecule has 0 unspecified atom stereocenters. The molecule has 1 amide bonds. The summed E-state index contributed by atoms with van der Waals surface area (Å²) in [5.74, 6) is -0.152. The molecular weight excluding hydrogens is 362 g/mol. The molecule has 0 saturated heterocycles. The van der Waals surface area contributed by atoms with Gasteiger partial charge in [0.25, 0.3) is 5.91 Å². The minimum Gasteiger partial charge on any atom is -0.395 e. The summed E-state index contributed by atoms with van der Waals surface area (Å²) >= 11 is 1.46. The number of carbonyl (C=O) groups excluding carboxylic acids is 1. The van der Waals surface area contributed by atoms with Gasteiger partial charge in [0.15, 0.2) is 0 Å². The fraction of sp³-hybridized carbons (Fsp3) is 0.400. The van der Waals surface area contributed by atoms with E-state index in [1.807, 2.05) is 26.0 Å². The Bertz CT molecular complexity index is 916. The van der Waals surface area contributed by atoms with Gasteiger partial charge in [0.1, 0.15) is 10.7 Å². The lowest BCUT2D eigenvalue weighted by Crippen LogP contribution is -2.39. The van der Waals surface area contributed by atoms with Crippen LogP contribution in [0.3, 0.4) is 0 Å². The lowest BCUT2D eigenvalue weighted by Gasteiger charge is -2.24. The van der Waals surface area contributed by atoms with Crippen LogP contribution in [0.5, 0.6) is 0 Å². The summed E-state index contributed by atoms with van der Waals surface area (Å²) in [4.78, 5) is 19.0. The Kier molecular flexibility index (Phi) is 6.26. The lowest BCUT2D eigenvalue weighted by molar-refractivity contribution is 0.0660. The number of hydrogen-bond donors (Lipinski definition) is 1. The number of thiazole rings is 1. The van der Waals surface area contributed by atoms with E-state index in [1.165, 1.54) is 11.3 Å². The van der Waals surface area contributed by atoms with Crippen LogP contribution in [0, 0.1) is 0 Å². The number of rotatable bonds is 8. The minimum atomic E-state index is -0.152. The van der Waals surface area contributed by atoms with E-state index in [4.69, 9.17) is 4.74 Å². The third-order valence-electron chi connectivity index (χ3n) is 4.50. The number of carbonyl (C=O) groups is 1. The van der Waals surface area contributed by atoms with E-state index >= 15 is 0 Å². The number of aliphatic hydroxyl groups excluding tert-OH is 1. The van der Waals surface area contributed by atoms with Crippen molar-refractivity contribution >= 4 is 28.1 Å². The number of amides is 1. The number of nitrogens with zero attached hydrogens (tertiary/aromatic N) is 3. The monoisotopic (exact) mass is 387 g/mol. The molecule has 144 valence electrons. The van der Waals surface area contributed by atoms with E-state index in [9.17, 15) is 9.90 Å². The van der Waals surface area contributed by atoms with Crippen molar-refractivity contribution in [3.05, 3.63) is 41.4 Å². The van der Waals surface area contributed by atoms with Crippen molar-refractivity contribution < 1.29 is 14.6 Å². The maximum atomic E-state index is 12.8. The van der Waals surface area contributed by atoms with Gasteiger partial charge in [-0.05, 0) is 26.0 Å². The Balaban J connectivity index is 1.97. The van der Waals surface area contributed by atoms with Gasteiger partial charge in [0.05, 0.1) is 18.9 Å². The van der Waals surface area contributed by atoms with Gasteiger partial charge in [-0.2, -0.15) is 0 Å². The Morgan fingerprint density at radius 2 is 2.15 bits per heavy atom. The summed E-state index contributed by atoms with van der Waals surface area (Å²) in [6.45, 7) is 5.42. The van der Waals surface area contributed by atoms with Crippen molar-refractivity contribution in [3.63, 3.8) is 0 Å². The normalized spacial score (nSPS) is 11.4. The van der Waals surface area contributed by atoms with Crippen LogP contribution in [0.15, 0.2) is 35.7 Å². The Morgan fingerprint density at radius 1 is 1.37 bits per heavy atom. The molecule has 0 fully saturated rings. The zero-order valence-electron chi connectivity index (χ0n) is 15.9. The molecule has 0 aliphatic heterocycles. The Morgan fingerprint density at radius 3 is 2.85 bits per heavy atom. The third-order valence-corrected chi connectivity index (χ3v) is 5.36. The van der Waals surface area contributed by atoms with Crippen molar-refractivity contribution in [1.82, 2.24) is 14.5 Å². The highest BCUT2D eigenvalue weighted by molar-refractivity contribution is 7.13. The second kappa shape index (κ2) is 8.65. The summed E-state index contributed by atoms with van der Waals surface area (Å²) in [6, 6.07) is 10.3. The van der Waals surface area contributed by atoms with Crippen LogP contribution in [0.25, 0.3) is 21.6 Å². The second-order valence-electron chi connectivity index (χ2n) is 6.59. The summed E-state index contributed by atoms with van der Waals surface area (Å²) < 4.78 is 7.44. The van der Waals surface area contributed by atoms with Crippen molar-refractivity contribution in [3.8, 4) is 10.7 Å². The summed E-state index contributed by atoms with van der Waals surface area (Å²) in [5.41, 5.74) is 2.52. The number of para-hydroxylation sites is 1. The number of ether oxygens (including phenoxy) is 1. The molecular formula is C20H25N3O3S. The van der Waals surface area contributed by atoms with E-state index in [0.717, 1.165) is 21.6 Å². The SMILES string of the molecule is COCCn1c(-c2nc(C(=O)N(CCO)C(C)C)cs2)cc2ccccc21. The highest BCUT2D eigenvalue weighted by atomic mass is 32.1. The van der Waals surface area contributed by atoms with Crippen molar-refractivity contribution in [2.45, 2.75) is 26.4 Å². The number of methoxy groups -OCH3 is 1. The third kappa shape index (κ3) is 4.05. The van der Waals surface area contributed by atoms with E-state index in [1.54, 1.807) is 17.4 Å². The predicted molar refractivity (Wildman–Crippen MR) is 108 cm³/mol. The van der Waals surface area contributed by atoms with Crippen molar-refractivity contribution in [1.29, 1.82) is 0 Å². The quantitative estimate of drug-likeness (QED) is 0.644. The van der Waals surface area contributed by atoms with Gasteiger partial charge in [-0.3, -0.25) is 4.79 Å². The maximum Gasteiger partial charge on any atom is 0.273 e.